The lowest BCUT2D eigenvalue weighted by atomic mass is 10.2. The maximum Gasteiger partial charge on any atom is 0.126 e. The Labute approximate surface area is 97.9 Å². The molecule has 0 saturated heterocycles. The summed E-state index contributed by atoms with van der Waals surface area (Å²) >= 11 is 7.72. The molecule has 80 valence electrons. The Hall–Kier alpha value is -0.770. The summed E-state index contributed by atoms with van der Waals surface area (Å²) in [4.78, 5) is 1.08. The van der Waals surface area contributed by atoms with Crippen molar-refractivity contribution in [1.29, 1.82) is 0 Å². The van der Waals surface area contributed by atoms with Crippen molar-refractivity contribution < 1.29 is 4.42 Å². The quantitative estimate of drug-likeness (QED) is 0.882. The van der Waals surface area contributed by atoms with Crippen LogP contribution in [0.2, 0.25) is 5.02 Å². The molecule has 0 atom stereocenters. The maximum atomic E-state index is 6.09. The number of thiophene rings is 1. The van der Waals surface area contributed by atoms with Crippen molar-refractivity contribution in [3.05, 3.63) is 34.6 Å². The average Bonchev–Trinajstić information content (AvgIpc) is 2.82. The van der Waals surface area contributed by atoms with E-state index in [0.717, 1.165) is 34.3 Å². The first-order chi connectivity index (χ1) is 7.33. The van der Waals surface area contributed by atoms with Crippen LogP contribution in [0.15, 0.2) is 28.2 Å². The fraction of sp³-hybridized carbons (Fsp3) is 0.273. The molecule has 4 heteroatoms. The van der Waals surface area contributed by atoms with E-state index >= 15 is 0 Å². The fourth-order valence-electron chi connectivity index (χ4n) is 1.40. The number of rotatable bonds is 4. The SMILES string of the molecule is CCNCc1occc1-c1sccc1Cl. The lowest BCUT2D eigenvalue weighted by molar-refractivity contribution is 0.489. The summed E-state index contributed by atoms with van der Waals surface area (Å²) in [6.07, 6.45) is 1.71. The molecule has 2 aromatic rings. The van der Waals surface area contributed by atoms with Gasteiger partial charge in [-0.15, -0.1) is 11.3 Å². The Morgan fingerprint density at radius 2 is 2.33 bits per heavy atom. The molecule has 0 fully saturated rings. The molecule has 15 heavy (non-hydrogen) atoms. The van der Waals surface area contributed by atoms with Gasteiger partial charge in [-0.05, 0) is 24.1 Å². The van der Waals surface area contributed by atoms with Crippen molar-refractivity contribution in [3.63, 3.8) is 0 Å². The van der Waals surface area contributed by atoms with Crippen LogP contribution in [-0.4, -0.2) is 6.54 Å². The van der Waals surface area contributed by atoms with Gasteiger partial charge >= 0.3 is 0 Å². The number of hydrogen-bond donors (Lipinski definition) is 1. The van der Waals surface area contributed by atoms with Crippen molar-refractivity contribution in [2.24, 2.45) is 0 Å². The Morgan fingerprint density at radius 1 is 1.47 bits per heavy atom. The minimum Gasteiger partial charge on any atom is -0.467 e. The molecule has 0 saturated carbocycles. The zero-order valence-corrected chi connectivity index (χ0v) is 9.99. The van der Waals surface area contributed by atoms with Crippen LogP contribution in [-0.2, 0) is 6.54 Å². The molecular weight excluding hydrogens is 230 g/mol. The summed E-state index contributed by atoms with van der Waals surface area (Å²) in [7, 11) is 0. The molecule has 0 spiro atoms. The summed E-state index contributed by atoms with van der Waals surface area (Å²) in [6.45, 7) is 3.74. The lowest BCUT2D eigenvalue weighted by Crippen LogP contribution is -2.11. The highest BCUT2D eigenvalue weighted by molar-refractivity contribution is 7.14. The number of hydrogen-bond acceptors (Lipinski definition) is 3. The molecule has 2 aromatic heterocycles. The number of halogens is 1. The molecule has 0 unspecified atom stereocenters. The third kappa shape index (κ3) is 2.25. The van der Waals surface area contributed by atoms with Crippen molar-refractivity contribution >= 4 is 22.9 Å². The number of nitrogens with one attached hydrogen (secondary N) is 1. The fourth-order valence-corrected chi connectivity index (χ4v) is 2.61. The van der Waals surface area contributed by atoms with Gasteiger partial charge in [-0.1, -0.05) is 18.5 Å². The minimum atomic E-state index is 0.743. The van der Waals surface area contributed by atoms with Gasteiger partial charge in [-0.25, -0.2) is 0 Å². The third-order valence-electron chi connectivity index (χ3n) is 2.14. The molecule has 0 aliphatic heterocycles. The molecule has 0 aliphatic carbocycles. The van der Waals surface area contributed by atoms with E-state index in [1.807, 2.05) is 17.5 Å². The summed E-state index contributed by atoms with van der Waals surface area (Å²) in [5, 5.41) is 6.02. The van der Waals surface area contributed by atoms with Crippen LogP contribution >= 0.6 is 22.9 Å². The Morgan fingerprint density at radius 3 is 3.00 bits per heavy atom. The van der Waals surface area contributed by atoms with Gasteiger partial charge in [0.25, 0.3) is 0 Å². The standard InChI is InChI=1S/C11H12ClNOS/c1-2-13-7-10-8(3-5-14-10)11-9(12)4-6-15-11/h3-6,13H,2,7H2,1H3. The van der Waals surface area contributed by atoms with Crippen LogP contribution in [0.5, 0.6) is 0 Å². The van der Waals surface area contributed by atoms with E-state index in [-0.39, 0.29) is 0 Å². The summed E-state index contributed by atoms with van der Waals surface area (Å²) in [5.74, 6) is 0.946. The highest BCUT2D eigenvalue weighted by atomic mass is 35.5. The second-order valence-corrected chi connectivity index (χ2v) is 4.46. The normalized spacial score (nSPS) is 10.8. The van der Waals surface area contributed by atoms with E-state index in [1.165, 1.54) is 0 Å². The lowest BCUT2D eigenvalue weighted by Gasteiger charge is -2.01. The van der Waals surface area contributed by atoms with Gasteiger partial charge in [-0.3, -0.25) is 0 Å². The van der Waals surface area contributed by atoms with Crippen molar-refractivity contribution in [2.75, 3.05) is 6.54 Å². The van der Waals surface area contributed by atoms with Crippen LogP contribution in [0.1, 0.15) is 12.7 Å². The van der Waals surface area contributed by atoms with Crippen molar-refractivity contribution in [2.45, 2.75) is 13.5 Å². The second-order valence-electron chi connectivity index (χ2n) is 3.14. The van der Waals surface area contributed by atoms with E-state index in [2.05, 4.69) is 12.2 Å². The minimum absolute atomic E-state index is 0.743. The molecule has 0 aliphatic rings. The van der Waals surface area contributed by atoms with E-state index in [4.69, 9.17) is 16.0 Å². The summed E-state index contributed by atoms with van der Waals surface area (Å²) in [6, 6.07) is 3.87. The smallest absolute Gasteiger partial charge is 0.126 e. The maximum absolute atomic E-state index is 6.09. The molecule has 1 N–H and O–H groups in total. The van der Waals surface area contributed by atoms with Crippen molar-refractivity contribution in [3.8, 4) is 10.4 Å². The molecule has 0 aromatic carbocycles. The van der Waals surface area contributed by atoms with Crippen LogP contribution < -0.4 is 5.32 Å². The molecular formula is C11H12ClNOS. The van der Waals surface area contributed by atoms with Crippen LogP contribution in [0, 0.1) is 0 Å². The Bertz CT molecular complexity index is 435. The van der Waals surface area contributed by atoms with Crippen LogP contribution in [0.3, 0.4) is 0 Å². The molecule has 2 heterocycles. The summed E-state index contributed by atoms with van der Waals surface area (Å²) < 4.78 is 5.43. The zero-order chi connectivity index (χ0) is 10.7. The Balaban J connectivity index is 2.29. The topological polar surface area (TPSA) is 25.2 Å². The Kier molecular flexibility index (Phi) is 3.46. The van der Waals surface area contributed by atoms with Gasteiger partial charge in [0.2, 0.25) is 0 Å². The second kappa shape index (κ2) is 4.84. The van der Waals surface area contributed by atoms with Gasteiger partial charge in [0.15, 0.2) is 0 Å². The molecule has 0 radical (unpaired) electrons. The first-order valence-electron chi connectivity index (χ1n) is 4.83. The summed E-state index contributed by atoms with van der Waals surface area (Å²) in [5.41, 5.74) is 1.09. The van der Waals surface area contributed by atoms with Gasteiger partial charge in [0.1, 0.15) is 5.76 Å². The van der Waals surface area contributed by atoms with E-state index < -0.39 is 0 Å². The van der Waals surface area contributed by atoms with Gasteiger partial charge in [0, 0.05) is 5.56 Å². The van der Waals surface area contributed by atoms with E-state index in [1.54, 1.807) is 17.6 Å². The van der Waals surface area contributed by atoms with E-state index in [9.17, 15) is 0 Å². The number of furan rings is 1. The first-order valence-corrected chi connectivity index (χ1v) is 6.09. The molecule has 0 bridgehead atoms. The van der Waals surface area contributed by atoms with Crippen LogP contribution in [0.4, 0.5) is 0 Å². The average molecular weight is 242 g/mol. The van der Waals surface area contributed by atoms with Gasteiger partial charge < -0.3 is 9.73 Å². The molecule has 2 rings (SSSR count). The monoisotopic (exact) mass is 241 g/mol. The zero-order valence-electron chi connectivity index (χ0n) is 8.42. The third-order valence-corrected chi connectivity index (χ3v) is 3.52. The van der Waals surface area contributed by atoms with Crippen LogP contribution in [0.25, 0.3) is 10.4 Å². The van der Waals surface area contributed by atoms with E-state index in [0.29, 0.717) is 0 Å². The molecule has 0 amide bonds. The largest absolute Gasteiger partial charge is 0.467 e. The van der Waals surface area contributed by atoms with Gasteiger partial charge in [-0.2, -0.15) is 0 Å². The highest BCUT2D eigenvalue weighted by Crippen LogP contribution is 2.35. The van der Waals surface area contributed by atoms with Crippen molar-refractivity contribution in [1.82, 2.24) is 5.32 Å². The predicted octanol–water partition coefficient (Wildman–Crippen LogP) is 3.77. The first kappa shape index (κ1) is 10.7. The molecule has 2 nitrogen and oxygen atoms in total. The predicted molar refractivity (Wildman–Crippen MR) is 64.4 cm³/mol. The van der Waals surface area contributed by atoms with Gasteiger partial charge in [0.05, 0.1) is 22.7 Å². The highest BCUT2D eigenvalue weighted by Gasteiger charge is 2.12.